The van der Waals surface area contributed by atoms with Gasteiger partial charge in [-0.25, -0.2) is 8.42 Å². The molecule has 1 aromatic carbocycles. The van der Waals surface area contributed by atoms with Crippen LogP contribution in [-0.4, -0.2) is 50.7 Å². The van der Waals surface area contributed by atoms with E-state index in [2.05, 4.69) is 20.8 Å². The Labute approximate surface area is 122 Å². The van der Waals surface area contributed by atoms with Gasteiger partial charge in [0.15, 0.2) is 0 Å². The van der Waals surface area contributed by atoms with Crippen LogP contribution < -0.4 is 9.64 Å². The van der Waals surface area contributed by atoms with Crippen LogP contribution in [0, 0.1) is 0 Å². The second-order valence-electron chi connectivity index (χ2n) is 4.31. The molecule has 0 bridgehead atoms. The SMILES string of the molecule is COc1cccc(N2CCN(S(=O)(=O)CBr)CC2)c1. The summed E-state index contributed by atoms with van der Waals surface area (Å²) >= 11 is 3.03. The zero-order valence-corrected chi connectivity index (χ0v) is 13.2. The lowest BCUT2D eigenvalue weighted by molar-refractivity contribution is 0.386. The van der Waals surface area contributed by atoms with Gasteiger partial charge in [0.25, 0.3) is 0 Å². The van der Waals surface area contributed by atoms with Crippen molar-refractivity contribution in [1.29, 1.82) is 0 Å². The van der Waals surface area contributed by atoms with E-state index in [4.69, 9.17) is 4.74 Å². The first kappa shape index (κ1) is 14.6. The second kappa shape index (κ2) is 6.11. The maximum atomic E-state index is 11.7. The topological polar surface area (TPSA) is 49.9 Å². The van der Waals surface area contributed by atoms with Crippen molar-refractivity contribution in [1.82, 2.24) is 4.31 Å². The molecule has 1 fully saturated rings. The molecule has 1 aromatic rings. The monoisotopic (exact) mass is 348 g/mol. The quantitative estimate of drug-likeness (QED) is 0.773. The Bertz CT molecular complexity index is 528. The van der Waals surface area contributed by atoms with E-state index in [0.717, 1.165) is 11.4 Å². The van der Waals surface area contributed by atoms with Crippen LogP contribution in [-0.2, 0) is 10.0 Å². The van der Waals surface area contributed by atoms with E-state index in [1.807, 2.05) is 24.3 Å². The highest BCUT2D eigenvalue weighted by atomic mass is 79.9. The predicted octanol–water partition coefficient (Wildman–Crippen LogP) is 1.50. The smallest absolute Gasteiger partial charge is 0.224 e. The lowest BCUT2D eigenvalue weighted by atomic mass is 10.2. The summed E-state index contributed by atoms with van der Waals surface area (Å²) < 4.78 is 30.2. The maximum absolute atomic E-state index is 11.7. The number of halogens is 1. The number of sulfonamides is 1. The van der Waals surface area contributed by atoms with Crippen LogP contribution in [0.15, 0.2) is 24.3 Å². The normalized spacial score (nSPS) is 17.5. The number of methoxy groups -OCH3 is 1. The fraction of sp³-hybridized carbons (Fsp3) is 0.500. The average Bonchev–Trinajstić information content (AvgIpc) is 2.47. The molecule has 19 heavy (non-hydrogen) atoms. The largest absolute Gasteiger partial charge is 0.497 e. The molecule has 106 valence electrons. The van der Waals surface area contributed by atoms with Gasteiger partial charge in [-0.15, -0.1) is 0 Å². The maximum Gasteiger partial charge on any atom is 0.224 e. The Morgan fingerprint density at radius 1 is 1.26 bits per heavy atom. The number of hydrogen-bond donors (Lipinski definition) is 0. The van der Waals surface area contributed by atoms with Gasteiger partial charge in [0.2, 0.25) is 10.0 Å². The summed E-state index contributed by atoms with van der Waals surface area (Å²) in [6.45, 7) is 2.43. The number of alkyl halides is 1. The molecule has 0 saturated carbocycles. The van der Waals surface area contributed by atoms with Gasteiger partial charge < -0.3 is 9.64 Å². The molecule has 0 atom stereocenters. The molecule has 0 unspecified atom stereocenters. The van der Waals surface area contributed by atoms with Crippen molar-refractivity contribution in [3.8, 4) is 5.75 Å². The number of hydrogen-bond acceptors (Lipinski definition) is 4. The van der Waals surface area contributed by atoms with E-state index in [1.54, 1.807) is 7.11 Å². The van der Waals surface area contributed by atoms with Crippen molar-refractivity contribution >= 4 is 31.6 Å². The molecule has 0 N–H and O–H groups in total. The van der Waals surface area contributed by atoms with Gasteiger partial charge in [-0.05, 0) is 12.1 Å². The molecule has 0 radical (unpaired) electrons. The molecule has 0 aliphatic carbocycles. The predicted molar refractivity (Wildman–Crippen MR) is 79.5 cm³/mol. The minimum Gasteiger partial charge on any atom is -0.497 e. The molecule has 0 amide bonds. The third-order valence-corrected chi connectivity index (χ3v) is 6.35. The van der Waals surface area contributed by atoms with Gasteiger partial charge in [-0.2, -0.15) is 4.31 Å². The van der Waals surface area contributed by atoms with E-state index in [9.17, 15) is 8.42 Å². The first-order valence-corrected chi connectivity index (χ1v) is 8.72. The number of rotatable bonds is 4. The number of ether oxygens (including phenoxy) is 1. The van der Waals surface area contributed by atoms with E-state index in [-0.39, 0.29) is 4.66 Å². The minimum atomic E-state index is -3.14. The van der Waals surface area contributed by atoms with Crippen molar-refractivity contribution in [2.75, 3.05) is 42.9 Å². The Morgan fingerprint density at radius 3 is 2.53 bits per heavy atom. The fourth-order valence-corrected chi connectivity index (χ4v) is 3.83. The van der Waals surface area contributed by atoms with Crippen molar-refractivity contribution in [3.05, 3.63) is 24.3 Å². The number of benzene rings is 1. The lowest BCUT2D eigenvalue weighted by Crippen LogP contribution is -2.48. The molecular formula is C12H17BrN2O3S. The molecule has 2 rings (SSSR count). The molecular weight excluding hydrogens is 332 g/mol. The number of anilines is 1. The first-order valence-electron chi connectivity index (χ1n) is 5.99. The zero-order valence-electron chi connectivity index (χ0n) is 10.8. The molecule has 5 nitrogen and oxygen atoms in total. The van der Waals surface area contributed by atoms with Gasteiger partial charge in [-0.1, -0.05) is 22.0 Å². The van der Waals surface area contributed by atoms with Crippen molar-refractivity contribution in [3.63, 3.8) is 0 Å². The highest BCUT2D eigenvalue weighted by Gasteiger charge is 2.25. The van der Waals surface area contributed by atoms with Gasteiger partial charge >= 0.3 is 0 Å². The van der Waals surface area contributed by atoms with Crippen molar-refractivity contribution < 1.29 is 13.2 Å². The van der Waals surface area contributed by atoms with Crippen LogP contribution in [0.4, 0.5) is 5.69 Å². The van der Waals surface area contributed by atoms with Gasteiger partial charge in [-0.3, -0.25) is 0 Å². The minimum absolute atomic E-state index is 0.0147. The molecule has 1 aliphatic rings. The molecule has 1 aliphatic heterocycles. The molecule has 1 saturated heterocycles. The third-order valence-electron chi connectivity index (χ3n) is 3.19. The standard InChI is InChI=1S/C12H17BrN2O3S/c1-18-12-4-2-3-11(9-12)14-5-7-15(8-6-14)19(16,17)10-13/h2-4,9H,5-8,10H2,1H3. The van der Waals surface area contributed by atoms with Crippen LogP contribution in [0.2, 0.25) is 0 Å². The molecule has 7 heteroatoms. The third kappa shape index (κ3) is 3.40. The fourth-order valence-electron chi connectivity index (χ4n) is 2.10. The van der Waals surface area contributed by atoms with E-state index >= 15 is 0 Å². The number of nitrogens with zero attached hydrogens (tertiary/aromatic N) is 2. The Morgan fingerprint density at radius 2 is 1.95 bits per heavy atom. The van der Waals surface area contributed by atoms with Crippen LogP contribution in [0.5, 0.6) is 5.75 Å². The molecule has 1 heterocycles. The van der Waals surface area contributed by atoms with Crippen molar-refractivity contribution in [2.45, 2.75) is 0 Å². The molecule has 0 spiro atoms. The average molecular weight is 349 g/mol. The summed E-state index contributed by atoms with van der Waals surface area (Å²) in [6, 6.07) is 7.82. The van der Waals surface area contributed by atoms with Crippen LogP contribution in [0.1, 0.15) is 0 Å². The Balaban J connectivity index is 2.03. The van der Waals surface area contributed by atoms with Crippen LogP contribution >= 0.6 is 15.9 Å². The van der Waals surface area contributed by atoms with Gasteiger partial charge in [0, 0.05) is 37.9 Å². The summed E-state index contributed by atoms with van der Waals surface area (Å²) in [5, 5.41) is 0. The van der Waals surface area contributed by atoms with Crippen LogP contribution in [0.25, 0.3) is 0 Å². The van der Waals surface area contributed by atoms with Crippen molar-refractivity contribution in [2.24, 2.45) is 0 Å². The first-order chi connectivity index (χ1) is 9.06. The second-order valence-corrected chi connectivity index (χ2v) is 7.58. The number of piperazine rings is 1. The summed E-state index contributed by atoms with van der Waals surface area (Å²) in [6.07, 6.45) is 0. The lowest BCUT2D eigenvalue weighted by Gasteiger charge is -2.35. The Kier molecular flexibility index (Phi) is 4.70. The zero-order chi connectivity index (χ0) is 13.9. The highest BCUT2D eigenvalue weighted by Crippen LogP contribution is 2.22. The summed E-state index contributed by atoms with van der Waals surface area (Å²) in [5.41, 5.74) is 1.07. The van der Waals surface area contributed by atoms with E-state index in [1.165, 1.54) is 4.31 Å². The van der Waals surface area contributed by atoms with Gasteiger partial charge in [0.1, 0.15) is 10.4 Å². The highest BCUT2D eigenvalue weighted by molar-refractivity contribution is 9.10. The molecule has 0 aromatic heterocycles. The van der Waals surface area contributed by atoms with E-state index < -0.39 is 10.0 Å². The Hall–Kier alpha value is -0.790. The van der Waals surface area contributed by atoms with Gasteiger partial charge in [0.05, 0.1) is 7.11 Å². The van der Waals surface area contributed by atoms with E-state index in [0.29, 0.717) is 26.2 Å². The van der Waals surface area contributed by atoms with Crippen LogP contribution in [0.3, 0.4) is 0 Å². The summed E-state index contributed by atoms with van der Waals surface area (Å²) in [5.74, 6) is 0.813. The summed E-state index contributed by atoms with van der Waals surface area (Å²) in [7, 11) is -1.50. The summed E-state index contributed by atoms with van der Waals surface area (Å²) in [4.78, 5) is 2.17.